The molecule has 1 aromatic heterocycles. The molecule has 150 valence electrons. The van der Waals surface area contributed by atoms with Crippen LogP contribution in [0.4, 0.5) is 5.69 Å². The summed E-state index contributed by atoms with van der Waals surface area (Å²) in [5.74, 6) is -0.360. The van der Waals surface area contributed by atoms with Crippen LogP contribution in [0.15, 0.2) is 29.8 Å². The minimum absolute atomic E-state index is 0.0970. The maximum atomic E-state index is 12.8. The van der Waals surface area contributed by atoms with Crippen LogP contribution in [-0.4, -0.2) is 45.5 Å². The third kappa shape index (κ3) is 4.77. The summed E-state index contributed by atoms with van der Waals surface area (Å²) in [4.78, 5) is 32.3. The van der Waals surface area contributed by atoms with E-state index < -0.39 is 12.1 Å². The number of carbonyl (C=O) groups is 2. The lowest BCUT2D eigenvalue weighted by Crippen LogP contribution is -2.44. The van der Waals surface area contributed by atoms with Crippen molar-refractivity contribution in [1.82, 2.24) is 9.88 Å². The van der Waals surface area contributed by atoms with Crippen LogP contribution in [0.3, 0.4) is 0 Å². The quantitative estimate of drug-likeness (QED) is 0.822. The number of anilines is 1. The highest BCUT2D eigenvalue weighted by molar-refractivity contribution is 7.13. The van der Waals surface area contributed by atoms with Crippen LogP contribution < -0.4 is 5.32 Å². The Kier molecular flexibility index (Phi) is 5.86. The molecule has 28 heavy (non-hydrogen) atoms. The third-order valence-corrected chi connectivity index (χ3v) is 5.72. The van der Waals surface area contributed by atoms with Gasteiger partial charge in [0.15, 0.2) is 0 Å². The van der Waals surface area contributed by atoms with Crippen molar-refractivity contribution in [2.75, 3.05) is 11.9 Å². The van der Waals surface area contributed by atoms with Gasteiger partial charge in [0.05, 0.1) is 22.2 Å². The minimum atomic E-state index is -0.670. The summed E-state index contributed by atoms with van der Waals surface area (Å²) in [6.45, 7) is 8.13. The van der Waals surface area contributed by atoms with E-state index in [-0.39, 0.29) is 30.2 Å². The zero-order chi connectivity index (χ0) is 20.5. The van der Waals surface area contributed by atoms with Gasteiger partial charge >= 0.3 is 0 Å². The number of aliphatic hydroxyl groups excluding tert-OH is 1. The SMILES string of the molecule is Cc1ncsc1-c1ccc(NC(=O)[C@@H]2C[C@@H](O)CN2C(=O)CC(C)(C)C)cc1. The number of aliphatic hydroxyl groups is 1. The Morgan fingerprint density at radius 2 is 1.96 bits per heavy atom. The highest BCUT2D eigenvalue weighted by Crippen LogP contribution is 2.29. The van der Waals surface area contributed by atoms with Gasteiger partial charge in [0, 0.05) is 25.1 Å². The number of benzene rings is 1. The molecule has 2 amide bonds. The lowest BCUT2D eigenvalue weighted by molar-refractivity contribution is -0.138. The standard InChI is InChI=1S/C21H27N3O3S/c1-13-19(28-12-22-13)14-5-7-15(8-6-14)23-20(27)17-9-16(25)11-24(17)18(26)10-21(2,3)4/h5-8,12,16-17,25H,9-11H2,1-4H3,(H,23,27)/t16-,17+/m1/s1. The van der Waals surface area contributed by atoms with Gasteiger partial charge < -0.3 is 15.3 Å². The second kappa shape index (κ2) is 8.01. The van der Waals surface area contributed by atoms with Crippen molar-refractivity contribution in [1.29, 1.82) is 0 Å². The van der Waals surface area contributed by atoms with Crippen molar-refractivity contribution in [3.8, 4) is 10.4 Å². The van der Waals surface area contributed by atoms with Gasteiger partial charge in [0.1, 0.15) is 6.04 Å². The predicted molar refractivity (Wildman–Crippen MR) is 111 cm³/mol. The molecule has 1 saturated heterocycles. The molecular formula is C21H27N3O3S. The molecule has 2 aromatic rings. The third-order valence-electron chi connectivity index (χ3n) is 4.74. The van der Waals surface area contributed by atoms with Gasteiger partial charge in [-0.1, -0.05) is 32.9 Å². The molecule has 0 aliphatic carbocycles. The van der Waals surface area contributed by atoms with E-state index >= 15 is 0 Å². The molecule has 1 aliphatic rings. The van der Waals surface area contributed by atoms with Crippen LogP contribution in [0.25, 0.3) is 10.4 Å². The van der Waals surface area contributed by atoms with E-state index in [1.165, 1.54) is 4.90 Å². The van der Waals surface area contributed by atoms with Crippen LogP contribution in [0.5, 0.6) is 0 Å². The maximum Gasteiger partial charge on any atom is 0.247 e. The fraction of sp³-hybridized carbons (Fsp3) is 0.476. The number of thiazole rings is 1. The number of hydrogen-bond acceptors (Lipinski definition) is 5. The van der Waals surface area contributed by atoms with Crippen molar-refractivity contribution in [3.05, 3.63) is 35.5 Å². The first-order chi connectivity index (χ1) is 13.1. The molecule has 0 unspecified atom stereocenters. The molecule has 6 nitrogen and oxygen atoms in total. The fourth-order valence-electron chi connectivity index (χ4n) is 3.40. The number of β-amino-alcohol motifs (C(OH)–C–C–N with tert-alkyl or cyclic N) is 1. The van der Waals surface area contributed by atoms with Crippen LogP contribution in [0, 0.1) is 12.3 Å². The summed E-state index contributed by atoms with van der Waals surface area (Å²) in [5, 5.41) is 12.9. The molecule has 1 aliphatic heterocycles. The number of aromatic nitrogens is 1. The van der Waals surface area contributed by atoms with Gasteiger partial charge in [-0.2, -0.15) is 0 Å². The molecule has 1 fully saturated rings. The summed E-state index contributed by atoms with van der Waals surface area (Å²) in [7, 11) is 0. The Balaban J connectivity index is 1.69. The topological polar surface area (TPSA) is 82.5 Å². The van der Waals surface area contributed by atoms with Crippen molar-refractivity contribution < 1.29 is 14.7 Å². The van der Waals surface area contributed by atoms with Crippen LogP contribution >= 0.6 is 11.3 Å². The normalized spacial score (nSPS) is 19.7. The molecule has 7 heteroatoms. The van der Waals surface area contributed by atoms with E-state index in [1.807, 2.05) is 57.5 Å². The number of carbonyl (C=O) groups excluding carboxylic acids is 2. The van der Waals surface area contributed by atoms with Crippen LogP contribution in [0.2, 0.25) is 0 Å². The Labute approximate surface area is 169 Å². The number of amides is 2. The lowest BCUT2D eigenvalue weighted by Gasteiger charge is -2.27. The highest BCUT2D eigenvalue weighted by atomic mass is 32.1. The smallest absolute Gasteiger partial charge is 0.247 e. The number of nitrogens with one attached hydrogen (secondary N) is 1. The Morgan fingerprint density at radius 3 is 2.54 bits per heavy atom. The molecule has 0 saturated carbocycles. The van der Waals surface area contributed by atoms with Crippen molar-refractivity contribution in [2.45, 2.75) is 52.7 Å². The van der Waals surface area contributed by atoms with E-state index in [1.54, 1.807) is 11.3 Å². The van der Waals surface area contributed by atoms with Crippen molar-refractivity contribution in [3.63, 3.8) is 0 Å². The van der Waals surface area contributed by atoms with Gasteiger partial charge in [-0.3, -0.25) is 9.59 Å². The molecule has 0 radical (unpaired) electrons. The summed E-state index contributed by atoms with van der Waals surface area (Å²) < 4.78 is 0. The molecule has 0 spiro atoms. The second-order valence-corrected chi connectivity index (χ2v) is 9.38. The average molecular weight is 402 g/mol. The Hall–Kier alpha value is -2.25. The first kappa shape index (κ1) is 20.5. The highest BCUT2D eigenvalue weighted by Gasteiger charge is 2.39. The summed E-state index contributed by atoms with van der Waals surface area (Å²) in [6.07, 6.45) is -0.0666. The van der Waals surface area contributed by atoms with Gasteiger partial charge in [-0.05, 0) is 30.0 Å². The summed E-state index contributed by atoms with van der Waals surface area (Å²) >= 11 is 1.58. The number of likely N-dealkylation sites (tertiary alicyclic amines) is 1. The number of rotatable bonds is 4. The zero-order valence-corrected chi connectivity index (χ0v) is 17.5. The lowest BCUT2D eigenvalue weighted by atomic mass is 9.91. The maximum absolute atomic E-state index is 12.8. The Bertz CT molecular complexity index is 855. The predicted octanol–water partition coefficient (Wildman–Crippen LogP) is 3.46. The van der Waals surface area contributed by atoms with E-state index in [4.69, 9.17) is 0 Å². The molecule has 1 aromatic carbocycles. The Morgan fingerprint density at radius 1 is 1.29 bits per heavy atom. The van der Waals surface area contributed by atoms with E-state index in [9.17, 15) is 14.7 Å². The van der Waals surface area contributed by atoms with Gasteiger partial charge in [-0.15, -0.1) is 11.3 Å². The second-order valence-electron chi connectivity index (χ2n) is 8.52. The number of hydrogen-bond donors (Lipinski definition) is 2. The van der Waals surface area contributed by atoms with Crippen molar-refractivity contribution >= 4 is 28.8 Å². The van der Waals surface area contributed by atoms with Gasteiger partial charge in [-0.25, -0.2) is 4.98 Å². The first-order valence-electron chi connectivity index (χ1n) is 9.43. The molecule has 2 N–H and O–H groups in total. The zero-order valence-electron chi connectivity index (χ0n) is 16.7. The first-order valence-corrected chi connectivity index (χ1v) is 10.3. The van der Waals surface area contributed by atoms with Crippen LogP contribution in [0.1, 0.15) is 39.3 Å². The average Bonchev–Trinajstić information content (AvgIpc) is 3.20. The molecule has 2 heterocycles. The van der Waals surface area contributed by atoms with E-state index in [2.05, 4.69) is 10.3 Å². The molecule has 2 atom stereocenters. The number of aryl methyl sites for hydroxylation is 1. The number of nitrogens with zero attached hydrogens (tertiary/aromatic N) is 2. The van der Waals surface area contributed by atoms with E-state index in [0.29, 0.717) is 12.1 Å². The summed E-state index contributed by atoms with van der Waals surface area (Å²) in [6, 6.07) is 6.94. The molecule has 0 bridgehead atoms. The fourth-order valence-corrected chi connectivity index (χ4v) is 4.21. The largest absolute Gasteiger partial charge is 0.391 e. The van der Waals surface area contributed by atoms with Gasteiger partial charge in [0.25, 0.3) is 0 Å². The summed E-state index contributed by atoms with van der Waals surface area (Å²) in [5.41, 5.74) is 4.34. The van der Waals surface area contributed by atoms with Gasteiger partial charge in [0.2, 0.25) is 11.8 Å². The molecule has 3 rings (SSSR count). The minimum Gasteiger partial charge on any atom is -0.391 e. The van der Waals surface area contributed by atoms with E-state index in [0.717, 1.165) is 16.1 Å². The monoisotopic (exact) mass is 401 g/mol. The van der Waals surface area contributed by atoms with Crippen LogP contribution in [-0.2, 0) is 9.59 Å². The molecular weight excluding hydrogens is 374 g/mol. The van der Waals surface area contributed by atoms with Crippen molar-refractivity contribution in [2.24, 2.45) is 5.41 Å².